The minimum absolute atomic E-state index is 0.00476. The van der Waals surface area contributed by atoms with Gasteiger partial charge in [-0.05, 0) is 43.0 Å². The molecule has 1 saturated carbocycles. The van der Waals surface area contributed by atoms with E-state index in [1.165, 1.54) is 0 Å². The monoisotopic (exact) mass is 312 g/mol. The Balaban J connectivity index is 1.69. The second-order valence-corrected chi connectivity index (χ2v) is 5.47. The van der Waals surface area contributed by atoms with Crippen LogP contribution in [0.5, 0.6) is 11.6 Å². The van der Waals surface area contributed by atoms with Crippen LogP contribution in [0.25, 0.3) is 0 Å². The number of nitrogens with one attached hydrogen (secondary N) is 1. The summed E-state index contributed by atoms with van der Waals surface area (Å²) in [4.78, 5) is 16.6. The number of benzene rings is 1. The van der Waals surface area contributed by atoms with Gasteiger partial charge in [-0.25, -0.2) is 4.98 Å². The summed E-state index contributed by atoms with van der Waals surface area (Å²) in [6.07, 6.45) is 2.48. The van der Waals surface area contributed by atoms with Crippen LogP contribution in [-0.4, -0.2) is 24.6 Å². The Labute approximate surface area is 135 Å². The molecule has 0 spiro atoms. The van der Waals surface area contributed by atoms with Gasteiger partial charge in [0.1, 0.15) is 11.4 Å². The number of aromatic nitrogens is 1. The van der Waals surface area contributed by atoms with Crippen molar-refractivity contribution < 1.29 is 14.3 Å². The quantitative estimate of drug-likeness (QED) is 0.889. The number of nitrogens with zero attached hydrogens (tertiary/aromatic N) is 1. The Morgan fingerprint density at radius 2 is 2.13 bits per heavy atom. The van der Waals surface area contributed by atoms with Crippen molar-refractivity contribution in [2.45, 2.75) is 19.3 Å². The van der Waals surface area contributed by atoms with E-state index in [0.717, 1.165) is 17.7 Å². The van der Waals surface area contributed by atoms with E-state index in [2.05, 4.69) is 10.3 Å². The highest BCUT2D eigenvalue weighted by atomic mass is 16.5. The number of para-hydroxylation sites is 1. The van der Waals surface area contributed by atoms with E-state index >= 15 is 0 Å². The summed E-state index contributed by atoms with van der Waals surface area (Å²) in [5.74, 6) is 1.45. The summed E-state index contributed by atoms with van der Waals surface area (Å²) in [6.45, 7) is 2.39. The third kappa shape index (κ3) is 3.28. The first-order chi connectivity index (χ1) is 11.2. The SMILES string of the molecule is CCOc1ncccc1NC(=O)C1CC1c1ccccc1OC. The van der Waals surface area contributed by atoms with Crippen molar-refractivity contribution in [3.8, 4) is 11.6 Å². The fourth-order valence-corrected chi connectivity index (χ4v) is 2.76. The first kappa shape index (κ1) is 15.3. The van der Waals surface area contributed by atoms with Crippen LogP contribution in [0.4, 0.5) is 5.69 Å². The summed E-state index contributed by atoms with van der Waals surface area (Å²) in [5.41, 5.74) is 1.70. The number of pyridine rings is 1. The number of anilines is 1. The van der Waals surface area contributed by atoms with Crippen molar-refractivity contribution in [3.05, 3.63) is 48.2 Å². The smallest absolute Gasteiger partial charge is 0.237 e. The molecule has 120 valence electrons. The Hall–Kier alpha value is -2.56. The lowest BCUT2D eigenvalue weighted by molar-refractivity contribution is -0.117. The van der Waals surface area contributed by atoms with Crippen LogP contribution in [0.2, 0.25) is 0 Å². The molecule has 0 radical (unpaired) electrons. The molecule has 2 unspecified atom stereocenters. The van der Waals surface area contributed by atoms with E-state index in [9.17, 15) is 4.79 Å². The number of rotatable bonds is 6. The van der Waals surface area contributed by atoms with E-state index in [1.807, 2.05) is 31.2 Å². The Morgan fingerprint density at radius 3 is 2.91 bits per heavy atom. The van der Waals surface area contributed by atoms with E-state index in [4.69, 9.17) is 9.47 Å². The van der Waals surface area contributed by atoms with Gasteiger partial charge in [-0.1, -0.05) is 18.2 Å². The largest absolute Gasteiger partial charge is 0.496 e. The van der Waals surface area contributed by atoms with E-state index in [-0.39, 0.29) is 17.7 Å². The molecule has 23 heavy (non-hydrogen) atoms. The molecule has 1 heterocycles. The lowest BCUT2D eigenvalue weighted by atomic mass is 10.1. The highest BCUT2D eigenvalue weighted by Gasteiger charge is 2.45. The van der Waals surface area contributed by atoms with Gasteiger partial charge >= 0.3 is 0 Å². The number of hydrogen-bond donors (Lipinski definition) is 1. The predicted molar refractivity (Wildman–Crippen MR) is 87.9 cm³/mol. The van der Waals surface area contributed by atoms with Crippen molar-refractivity contribution in [2.75, 3.05) is 19.0 Å². The van der Waals surface area contributed by atoms with Gasteiger partial charge in [-0.2, -0.15) is 0 Å². The maximum atomic E-state index is 12.5. The molecule has 5 heteroatoms. The van der Waals surface area contributed by atoms with Gasteiger partial charge in [-0.3, -0.25) is 4.79 Å². The fourth-order valence-electron chi connectivity index (χ4n) is 2.76. The van der Waals surface area contributed by atoms with E-state index < -0.39 is 0 Å². The zero-order valence-corrected chi connectivity index (χ0v) is 13.3. The van der Waals surface area contributed by atoms with Crippen LogP contribution in [-0.2, 0) is 4.79 Å². The number of amides is 1. The highest BCUT2D eigenvalue weighted by Crippen LogP contribution is 2.50. The minimum Gasteiger partial charge on any atom is -0.496 e. The third-order valence-electron chi connectivity index (χ3n) is 3.98. The predicted octanol–water partition coefficient (Wildman–Crippen LogP) is 3.23. The lowest BCUT2D eigenvalue weighted by Gasteiger charge is -2.10. The van der Waals surface area contributed by atoms with Gasteiger partial charge in [0.2, 0.25) is 11.8 Å². The summed E-state index contributed by atoms with van der Waals surface area (Å²) in [5, 5.41) is 2.93. The molecule has 2 aromatic rings. The van der Waals surface area contributed by atoms with Gasteiger partial charge in [0, 0.05) is 12.1 Å². The summed E-state index contributed by atoms with van der Waals surface area (Å²) < 4.78 is 10.8. The van der Waals surface area contributed by atoms with Crippen LogP contribution in [0.15, 0.2) is 42.6 Å². The number of carbonyl (C=O) groups is 1. The molecule has 0 bridgehead atoms. The summed E-state index contributed by atoms with van der Waals surface area (Å²) >= 11 is 0. The second-order valence-electron chi connectivity index (χ2n) is 5.47. The van der Waals surface area contributed by atoms with Crippen molar-refractivity contribution in [3.63, 3.8) is 0 Å². The molecular formula is C18H20N2O3. The van der Waals surface area contributed by atoms with Gasteiger partial charge in [0.15, 0.2) is 0 Å². The van der Waals surface area contributed by atoms with E-state index in [0.29, 0.717) is 18.2 Å². The van der Waals surface area contributed by atoms with Crippen molar-refractivity contribution in [1.82, 2.24) is 4.98 Å². The Morgan fingerprint density at radius 1 is 1.30 bits per heavy atom. The van der Waals surface area contributed by atoms with Crippen LogP contribution >= 0.6 is 0 Å². The van der Waals surface area contributed by atoms with Crippen LogP contribution < -0.4 is 14.8 Å². The zero-order chi connectivity index (χ0) is 16.2. The van der Waals surface area contributed by atoms with Crippen molar-refractivity contribution >= 4 is 11.6 Å². The molecule has 5 nitrogen and oxygen atoms in total. The van der Waals surface area contributed by atoms with Gasteiger partial charge < -0.3 is 14.8 Å². The fraction of sp³-hybridized carbons (Fsp3) is 0.333. The van der Waals surface area contributed by atoms with Crippen LogP contribution in [0.3, 0.4) is 0 Å². The van der Waals surface area contributed by atoms with Crippen LogP contribution in [0, 0.1) is 5.92 Å². The molecule has 1 N–H and O–H groups in total. The summed E-state index contributed by atoms with van der Waals surface area (Å²) in [7, 11) is 1.65. The number of hydrogen-bond acceptors (Lipinski definition) is 4. The zero-order valence-electron chi connectivity index (χ0n) is 13.3. The van der Waals surface area contributed by atoms with Gasteiger partial charge in [-0.15, -0.1) is 0 Å². The molecule has 1 aliphatic rings. The molecule has 1 amide bonds. The maximum Gasteiger partial charge on any atom is 0.237 e. The lowest BCUT2D eigenvalue weighted by Crippen LogP contribution is -2.16. The standard InChI is InChI=1S/C18H20N2O3/c1-3-23-18-15(8-6-10-19-18)20-17(21)14-11-13(14)12-7-4-5-9-16(12)22-2/h4-10,13-14H,3,11H2,1-2H3,(H,20,21). The summed E-state index contributed by atoms with van der Waals surface area (Å²) in [6, 6.07) is 11.4. The van der Waals surface area contributed by atoms with Crippen LogP contribution in [0.1, 0.15) is 24.8 Å². The minimum atomic E-state index is -0.0408. The molecule has 3 rings (SSSR count). The first-order valence-corrected chi connectivity index (χ1v) is 7.76. The second kappa shape index (κ2) is 6.69. The Bertz CT molecular complexity index is 702. The average Bonchev–Trinajstić information content (AvgIpc) is 3.37. The molecule has 2 atom stereocenters. The van der Waals surface area contributed by atoms with E-state index in [1.54, 1.807) is 25.4 Å². The molecule has 1 fully saturated rings. The van der Waals surface area contributed by atoms with Crippen molar-refractivity contribution in [1.29, 1.82) is 0 Å². The molecule has 0 aliphatic heterocycles. The molecule has 1 aromatic heterocycles. The van der Waals surface area contributed by atoms with Crippen molar-refractivity contribution in [2.24, 2.45) is 5.92 Å². The third-order valence-corrected chi connectivity index (χ3v) is 3.98. The first-order valence-electron chi connectivity index (χ1n) is 7.76. The average molecular weight is 312 g/mol. The normalized spacial score (nSPS) is 19.0. The molecule has 1 aromatic carbocycles. The maximum absolute atomic E-state index is 12.5. The molecule has 1 aliphatic carbocycles. The molecular weight excluding hydrogens is 292 g/mol. The Kier molecular flexibility index (Phi) is 4.46. The highest BCUT2D eigenvalue weighted by molar-refractivity contribution is 5.96. The number of carbonyl (C=O) groups excluding carboxylic acids is 1. The van der Waals surface area contributed by atoms with Gasteiger partial charge in [0.25, 0.3) is 0 Å². The molecule has 0 saturated heterocycles. The number of methoxy groups -OCH3 is 1. The van der Waals surface area contributed by atoms with Gasteiger partial charge in [0.05, 0.1) is 13.7 Å². The number of ether oxygens (including phenoxy) is 2. The topological polar surface area (TPSA) is 60.5 Å².